The number of para-hydroxylation sites is 1. The third kappa shape index (κ3) is 3.33. The van der Waals surface area contributed by atoms with E-state index < -0.39 is 0 Å². The molecule has 1 aliphatic heterocycles. The molecule has 1 fully saturated rings. The molecule has 0 spiro atoms. The lowest BCUT2D eigenvalue weighted by Crippen LogP contribution is -2.48. The third-order valence-electron chi connectivity index (χ3n) is 3.94. The van der Waals surface area contributed by atoms with Gasteiger partial charge in [-0.05, 0) is 24.5 Å². The summed E-state index contributed by atoms with van der Waals surface area (Å²) in [5, 5.41) is 7.20. The van der Waals surface area contributed by atoms with Crippen LogP contribution in [0.4, 0.5) is 5.95 Å². The molecule has 0 bridgehead atoms. The lowest BCUT2D eigenvalue weighted by Gasteiger charge is -2.34. The minimum absolute atomic E-state index is 0.182. The summed E-state index contributed by atoms with van der Waals surface area (Å²) in [6.07, 6.45) is 1.07. The molecule has 0 radical (unpaired) electrons. The Labute approximate surface area is 124 Å². The van der Waals surface area contributed by atoms with Gasteiger partial charge in [0.15, 0.2) is 5.82 Å². The number of nitrogens with zero attached hydrogens (tertiary/aromatic N) is 3. The highest BCUT2D eigenvalue weighted by Crippen LogP contribution is 2.19. The fraction of sp³-hybridized carbons (Fsp3) is 0.467. The topological polar surface area (TPSA) is 80.1 Å². The zero-order valence-electron chi connectivity index (χ0n) is 12.2. The number of hydrogen-bond donors (Lipinski definition) is 2. The van der Waals surface area contributed by atoms with Crippen LogP contribution in [0.25, 0.3) is 0 Å². The van der Waals surface area contributed by atoms with E-state index in [2.05, 4.69) is 27.0 Å². The Morgan fingerprint density at radius 1 is 1.38 bits per heavy atom. The maximum Gasteiger partial charge on any atom is 0.244 e. The second-order valence-corrected chi connectivity index (χ2v) is 5.56. The standard InChI is InChI=1S/C15H21N5O/c1-11-7-8-20(9-13(11)16)15-17-14(18-19-15)10-21-12-5-3-2-4-6-12/h2-6,11,13H,7-10,16H2,1H3,(H,17,18,19). The van der Waals surface area contributed by atoms with E-state index in [9.17, 15) is 0 Å². The van der Waals surface area contributed by atoms with Crippen molar-refractivity contribution in [3.05, 3.63) is 36.2 Å². The number of aromatic amines is 1. The SMILES string of the molecule is CC1CCN(c2n[nH]c(COc3ccccc3)n2)CC1N. The number of rotatable bonds is 4. The summed E-state index contributed by atoms with van der Waals surface area (Å²) in [5.41, 5.74) is 6.12. The van der Waals surface area contributed by atoms with Gasteiger partial charge in [-0.2, -0.15) is 4.98 Å². The van der Waals surface area contributed by atoms with E-state index in [4.69, 9.17) is 10.5 Å². The van der Waals surface area contributed by atoms with Gasteiger partial charge in [-0.15, -0.1) is 5.10 Å². The first-order valence-corrected chi connectivity index (χ1v) is 7.32. The van der Waals surface area contributed by atoms with E-state index >= 15 is 0 Å². The molecule has 3 N–H and O–H groups in total. The molecule has 3 rings (SSSR count). The van der Waals surface area contributed by atoms with Gasteiger partial charge in [-0.1, -0.05) is 25.1 Å². The average Bonchev–Trinajstić information content (AvgIpc) is 2.98. The van der Waals surface area contributed by atoms with Crippen molar-refractivity contribution in [3.8, 4) is 5.75 Å². The summed E-state index contributed by atoms with van der Waals surface area (Å²) in [4.78, 5) is 6.62. The first-order valence-electron chi connectivity index (χ1n) is 7.32. The summed E-state index contributed by atoms with van der Waals surface area (Å²) in [6, 6.07) is 9.86. The number of aromatic nitrogens is 3. The van der Waals surface area contributed by atoms with Crippen LogP contribution in [0.3, 0.4) is 0 Å². The number of ether oxygens (including phenoxy) is 1. The summed E-state index contributed by atoms with van der Waals surface area (Å²) < 4.78 is 5.65. The van der Waals surface area contributed by atoms with Gasteiger partial charge in [-0.25, -0.2) is 0 Å². The summed E-state index contributed by atoms with van der Waals surface area (Å²) in [5.74, 6) is 2.82. The normalized spacial score (nSPS) is 22.3. The van der Waals surface area contributed by atoms with E-state index in [1.165, 1.54) is 0 Å². The van der Waals surface area contributed by atoms with E-state index in [1.54, 1.807) is 0 Å². The predicted octanol–water partition coefficient (Wildman–Crippen LogP) is 1.56. The van der Waals surface area contributed by atoms with Crippen molar-refractivity contribution in [3.63, 3.8) is 0 Å². The Kier molecular flexibility index (Phi) is 4.06. The van der Waals surface area contributed by atoms with Crippen LogP contribution in [0.15, 0.2) is 30.3 Å². The fourth-order valence-corrected chi connectivity index (χ4v) is 2.44. The monoisotopic (exact) mass is 287 g/mol. The van der Waals surface area contributed by atoms with Crippen molar-refractivity contribution in [1.82, 2.24) is 15.2 Å². The van der Waals surface area contributed by atoms with Crippen molar-refractivity contribution in [2.75, 3.05) is 18.0 Å². The Morgan fingerprint density at radius 2 is 2.19 bits per heavy atom. The van der Waals surface area contributed by atoms with E-state index in [0.29, 0.717) is 18.5 Å². The fourth-order valence-electron chi connectivity index (χ4n) is 2.44. The number of hydrogen-bond acceptors (Lipinski definition) is 5. The maximum absolute atomic E-state index is 6.12. The van der Waals surface area contributed by atoms with Crippen molar-refractivity contribution in [1.29, 1.82) is 0 Å². The van der Waals surface area contributed by atoms with Crippen molar-refractivity contribution in [2.24, 2.45) is 11.7 Å². The number of nitrogens with one attached hydrogen (secondary N) is 1. The highest BCUT2D eigenvalue weighted by Gasteiger charge is 2.25. The second-order valence-electron chi connectivity index (χ2n) is 5.56. The van der Waals surface area contributed by atoms with Gasteiger partial charge < -0.3 is 15.4 Å². The van der Waals surface area contributed by atoms with E-state index in [-0.39, 0.29) is 6.04 Å². The van der Waals surface area contributed by atoms with Crippen LogP contribution in [-0.4, -0.2) is 34.3 Å². The summed E-state index contributed by atoms with van der Waals surface area (Å²) >= 11 is 0. The molecule has 0 aliphatic carbocycles. The molecule has 0 amide bonds. The summed E-state index contributed by atoms with van der Waals surface area (Å²) in [6.45, 7) is 4.33. The van der Waals surface area contributed by atoms with Gasteiger partial charge in [0.2, 0.25) is 5.95 Å². The second kappa shape index (κ2) is 6.13. The number of piperidine rings is 1. The predicted molar refractivity (Wildman–Crippen MR) is 81.1 cm³/mol. The molecule has 2 unspecified atom stereocenters. The lowest BCUT2D eigenvalue weighted by molar-refractivity contribution is 0.296. The molecule has 1 aromatic heterocycles. The molecule has 1 aliphatic rings. The average molecular weight is 287 g/mol. The zero-order valence-corrected chi connectivity index (χ0v) is 12.2. The van der Waals surface area contributed by atoms with Crippen LogP contribution >= 0.6 is 0 Å². The highest BCUT2D eigenvalue weighted by molar-refractivity contribution is 5.30. The Bertz CT molecular complexity index is 570. The smallest absolute Gasteiger partial charge is 0.244 e. The Morgan fingerprint density at radius 3 is 2.95 bits per heavy atom. The minimum Gasteiger partial charge on any atom is -0.486 e. The van der Waals surface area contributed by atoms with Crippen molar-refractivity contribution >= 4 is 5.95 Å². The van der Waals surface area contributed by atoms with Crippen LogP contribution < -0.4 is 15.4 Å². The number of benzene rings is 1. The van der Waals surface area contributed by atoms with Crippen LogP contribution in [0, 0.1) is 5.92 Å². The number of H-pyrrole nitrogens is 1. The molecule has 2 atom stereocenters. The first kappa shape index (κ1) is 13.9. The number of nitrogens with two attached hydrogens (primary N) is 1. The summed E-state index contributed by atoms with van der Waals surface area (Å²) in [7, 11) is 0. The lowest BCUT2D eigenvalue weighted by atomic mass is 9.95. The maximum atomic E-state index is 6.12. The van der Waals surface area contributed by atoms with Crippen molar-refractivity contribution < 1.29 is 4.74 Å². The minimum atomic E-state index is 0.182. The Balaban J connectivity index is 1.59. The van der Waals surface area contributed by atoms with Gasteiger partial charge in [0.05, 0.1) is 0 Å². The molecule has 6 nitrogen and oxygen atoms in total. The largest absolute Gasteiger partial charge is 0.486 e. The quantitative estimate of drug-likeness (QED) is 0.892. The molecule has 6 heteroatoms. The van der Waals surface area contributed by atoms with Gasteiger partial charge in [0.25, 0.3) is 0 Å². The van der Waals surface area contributed by atoms with Gasteiger partial charge in [0, 0.05) is 19.1 Å². The van der Waals surface area contributed by atoms with Crippen LogP contribution in [0.5, 0.6) is 5.75 Å². The number of anilines is 1. The van der Waals surface area contributed by atoms with Gasteiger partial charge in [0.1, 0.15) is 12.4 Å². The molecule has 1 saturated heterocycles. The molecule has 2 aromatic rings. The zero-order chi connectivity index (χ0) is 14.7. The third-order valence-corrected chi connectivity index (χ3v) is 3.94. The molecule has 2 heterocycles. The van der Waals surface area contributed by atoms with E-state index in [1.807, 2.05) is 30.3 Å². The van der Waals surface area contributed by atoms with Gasteiger partial charge in [-0.3, -0.25) is 5.10 Å². The van der Waals surface area contributed by atoms with Gasteiger partial charge >= 0.3 is 0 Å². The molecule has 21 heavy (non-hydrogen) atoms. The molecular formula is C15H21N5O. The van der Waals surface area contributed by atoms with Crippen LogP contribution in [0.1, 0.15) is 19.2 Å². The molecule has 112 valence electrons. The molecular weight excluding hydrogens is 266 g/mol. The van der Waals surface area contributed by atoms with E-state index in [0.717, 1.165) is 31.1 Å². The highest BCUT2D eigenvalue weighted by atomic mass is 16.5. The van der Waals surface area contributed by atoms with Crippen LogP contribution in [-0.2, 0) is 6.61 Å². The first-order chi connectivity index (χ1) is 10.2. The van der Waals surface area contributed by atoms with Crippen molar-refractivity contribution in [2.45, 2.75) is 26.0 Å². The van der Waals surface area contributed by atoms with Crippen LogP contribution in [0.2, 0.25) is 0 Å². The Hall–Kier alpha value is -2.08. The molecule has 0 saturated carbocycles. The molecule has 1 aromatic carbocycles.